The molecule has 2 aromatic rings. The van der Waals surface area contributed by atoms with Crippen molar-refractivity contribution in [3.05, 3.63) is 65.0 Å². The molecule has 0 unspecified atom stereocenters. The van der Waals surface area contributed by atoms with E-state index in [1.165, 1.54) is 0 Å². The summed E-state index contributed by atoms with van der Waals surface area (Å²) in [5.41, 5.74) is 3.40. The second-order valence-electron chi connectivity index (χ2n) is 6.31. The van der Waals surface area contributed by atoms with Gasteiger partial charge in [0.1, 0.15) is 0 Å². The number of aryl methyl sites for hydroxylation is 2. The molecule has 0 bridgehead atoms. The van der Waals surface area contributed by atoms with E-state index in [2.05, 4.69) is 4.98 Å². The number of aliphatic carboxylic acids is 1. The van der Waals surface area contributed by atoms with Gasteiger partial charge in [-0.2, -0.15) is 0 Å². The third-order valence-corrected chi connectivity index (χ3v) is 4.67. The van der Waals surface area contributed by atoms with Crippen molar-refractivity contribution in [3.8, 4) is 0 Å². The molecule has 2 atom stereocenters. The third kappa shape index (κ3) is 3.02. The van der Waals surface area contributed by atoms with Crippen molar-refractivity contribution in [1.82, 2.24) is 9.88 Å². The molecular weight excluding hydrogens is 304 g/mol. The van der Waals surface area contributed by atoms with Gasteiger partial charge in [-0.15, -0.1) is 0 Å². The zero-order valence-corrected chi connectivity index (χ0v) is 13.8. The molecule has 0 radical (unpaired) electrons. The molecule has 5 heteroatoms. The molecule has 0 saturated carbocycles. The van der Waals surface area contributed by atoms with Gasteiger partial charge >= 0.3 is 5.97 Å². The molecular formula is C19H20N2O3. The van der Waals surface area contributed by atoms with Gasteiger partial charge < -0.3 is 10.0 Å². The Morgan fingerprint density at radius 1 is 1.12 bits per heavy atom. The SMILES string of the molecule is Cc1ccc(C(=O)N2C[C@H](C(=O)O)[C@@H](c3ccccc3C)C2)cn1. The smallest absolute Gasteiger partial charge is 0.308 e. The zero-order valence-electron chi connectivity index (χ0n) is 13.8. The Kier molecular flexibility index (Phi) is 4.34. The van der Waals surface area contributed by atoms with Gasteiger partial charge in [0.25, 0.3) is 5.91 Å². The number of nitrogens with zero attached hydrogens (tertiary/aromatic N) is 2. The van der Waals surface area contributed by atoms with Crippen LogP contribution in [0.5, 0.6) is 0 Å². The minimum Gasteiger partial charge on any atom is -0.481 e. The van der Waals surface area contributed by atoms with Crippen LogP contribution in [0.25, 0.3) is 0 Å². The Balaban J connectivity index is 1.88. The van der Waals surface area contributed by atoms with Crippen molar-refractivity contribution in [2.24, 2.45) is 5.92 Å². The van der Waals surface area contributed by atoms with Crippen molar-refractivity contribution in [1.29, 1.82) is 0 Å². The quantitative estimate of drug-likeness (QED) is 0.942. The highest BCUT2D eigenvalue weighted by atomic mass is 16.4. The molecule has 3 rings (SSSR count). The van der Waals surface area contributed by atoms with Gasteiger partial charge in [-0.3, -0.25) is 14.6 Å². The molecule has 0 spiro atoms. The predicted molar refractivity (Wildman–Crippen MR) is 89.9 cm³/mol. The minimum absolute atomic E-state index is 0.162. The van der Waals surface area contributed by atoms with E-state index in [9.17, 15) is 14.7 Å². The van der Waals surface area contributed by atoms with Gasteiger partial charge in [0.2, 0.25) is 0 Å². The molecule has 1 aromatic carbocycles. The molecule has 1 amide bonds. The van der Waals surface area contributed by atoms with Crippen LogP contribution in [-0.4, -0.2) is 40.0 Å². The first-order chi connectivity index (χ1) is 11.5. The molecule has 5 nitrogen and oxygen atoms in total. The number of benzene rings is 1. The van der Waals surface area contributed by atoms with Crippen LogP contribution < -0.4 is 0 Å². The first-order valence-electron chi connectivity index (χ1n) is 7.97. The second kappa shape index (κ2) is 6.43. The van der Waals surface area contributed by atoms with E-state index in [1.54, 1.807) is 23.2 Å². The number of carboxylic acid groups (broad SMARTS) is 1. The van der Waals surface area contributed by atoms with Gasteiger partial charge in [0.15, 0.2) is 0 Å². The normalized spacial score (nSPS) is 20.2. The molecule has 124 valence electrons. The third-order valence-electron chi connectivity index (χ3n) is 4.67. The molecule has 1 aromatic heterocycles. The molecule has 1 saturated heterocycles. The van der Waals surface area contributed by atoms with E-state index >= 15 is 0 Å². The van der Waals surface area contributed by atoms with Crippen molar-refractivity contribution in [2.45, 2.75) is 19.8 Å². The number of carboxylic acids is 1. The van der Waals surface area contributed by atoms with Gasteiger partial charge in [0.05, 0.1) is 11.5 Å². The number of hydrogen-bond donors (Lipinski definition) is 1. The van der Waals surface area contributed by atoms with Crippen LogP contribution in [0, 0.1) is 19.8 Å². The van der Waals surface area contributed by atoms with Crippen LogP contribution in [0.4, 0.5) is 0 Å². The Bertz CT molecular complexity index is 770. The number of carbonyl (C=O) groups excluding carboxylic acids is 1. The average molecular weight is 324 g/mol. The summed E-state index contributed by atoms with van der Waals surface area (Å²) in [7, 11) is 0. The highest BCUT2D eigenvalue weighted by molar-refractivity contribution is 5.94. The van der Waals surface area contributed by atoms with Crippen LogP contribution in [0.1, 0.15) is 33.1 Å². The summed E-state index contributed by atoms with van der Waals surface area (Å²) in [6.45, 7) is 4.47. The van der Waals surface area contributed by atoms with Gasteiger partial charge in [-0.05, 0) is 37.1 Å². The second-order valence-corrected chi connectivity index (χ2v) is 6.31. The molecule has 1 aliphatic rings. The van der Waals surface area contributed by atoms with E-state index in [-0.39, 0.29) is 18.4 Å². The van der Waals surface area contributed by atoms with E-state index in [4.69, 9.17) is 0 Å². The van der Waals surface area contributed by atoms with Crippen LogP contribution in [0.15, 0.2) is 42.6 Å². The summed E-state index contributed by atoms with van der Waals surface area (Å²) in [6.07, 6.45) is 1.55. The fourth-order valence-electron chi connectivity index (χ4n) is 3.31. The summed E-state index contributed by atoms with van der Waals surface area (Å²) in [5.74, 6) is -1.80. The summed E-state index contributed by atoms with van der Waals surface area (Å²) in [5, 5.41) is 9.59. The van der Waals surface area contributed by atoms with Crippen LogP contribution >= 0.6 is 0 Å². The molecule has 0 aliphatic carbocycles. The number of carbonyl (C=O) groups is 2. The lowest BCUT2D eigenvalue weighted by atomic mass is 9.86. The van der Waals surface area contributed by atoms with E-state index in [1.807, 2.05) is 38.1 Å². The van der Waals surface area contributed by atoms with Gasteiger partial charge in [0, 0.05) is 30.9 Å². The predicted octanol–water partition coefficient (Wildman–Crippen LogP) is 2.64. The van der Waals surface area contributed by atoms with Crippen molar-refractivity contribution >= 4 is 11.9 Å². The lowest BCUT2D eigenvalue weighted by molar-refractivity contribution is -0.141. The van der Waals surface area contributed by atoms with Crippen LogP contribution in [0.2, 0.25) is 0 Å². The number of likely N-dealkylation sites (tertiary alicyclic amines) is 1. The zero-order chi connectivity index (χ0) is 17.3. The Hall–Kier alpha value is -2.69. The molecule has 1 fully saturated rings. The Labute approximate surface area is 140 Å². The van der Waals surface area contributed by atoms with Crippen molar-refractivity contribution < 1.29 is 14.7 Å². The van der Waals surface area contributed by atoms with Gasteiger partial charge in [-0.1, -0.05) is 24.3 Å². The number of rotatable bonds is 3. The van der Waals surface area contributed by atoms with Crippen LogP contribution in [-0.2, 0) is 4.79 Å². The molecule has 1 aliphatic heterocycles. The average Bonchev–Trinajstić information content (AvgIpc) is 3.00. The Morgan fingerprint density at radius 3 is 2.50 bits per heavy atom. The standard InChI is InChI=1S/C19H20N2O3/c1-12-5-3-4-6-15(12)16-10-21(11-17(16)19(23)24)18(22)14-8-7-13(2)20-9-14/h3-9,16-17H,10-11H2,1-2H3,(H,23,24)/t16-,17+/m1/s1. The lowest BCUT2D eigenvalue weighted by Crippen LogP contribution is -2.30. The first-order valence-corrected chi connectivity index (χ1v) is 7.97. The maximum absolute atomic E-state index is 12.7. The number of pyridine rings is 1. The number of amides is 1. The molecule has 2 heterocycles. The van der Waals surface area contributed by atoms with E-state index < -0.39 is 11.9 Å². The van der Waals surface area contributed by atoms with Gasteiger partial charge in [-0.25, -0.2) is 0 Å². The van der Waals surface area contributed by atoms with Crippen molar-refractivity contribution in [3.63, 3.8) is 0 Å². The monoisotopic (exact) mass is 324 g/mol. The minimum atomic E-state index is -0.861. The maximum atomic E-state index is 12.7. The number of hydrogen-bond acceptors (Lipinski definition) is 3. The topological polar surface area (TPSA) is 70.5 Å². The number of aromatic nitrogens is 1. The maximum Gasteiger partial charge on any atom is 0.308 e. The highest BCUT2D eigenvalue weighted by Crippen LogP contribution is 2.35. The summed E-state index contributed by atoms with van der Waals surface area (Å²) < 4.78 is 0. The fraction of sp³-hybridized carbons (Fsp3) is 0.316. The molecule has 1 N–H and O–H groups in total. The van der Waals surface area contributed by atoms with E-state index in [0.29, 0.717) is 12.1 Å². The van der Waals surface area contributed by atoms with Crippen molar-refractivity contribution in [2.75, 3.05) is 13.1 Å². The summed E-state index contributed by atoms with van der Waals surface area (Å²) in [6, 6.07) is 11.3. The summed E-state index contributed by atoms with van der Waals surface area (Å²) >= 11 is 0. The fourth-order valence-corrected chi connectivity index (χ4v) is 3.31. The van der Waals surface area contributed by atoms with E-state index in [0.717, 1.165) is 16.8 Å². The largest absolute Gasteiger partial charge is 0.481 e. The van der Waals surface area contributed by atoms with Crippen LogP contribution in [0.3, 0.4) is 0 Å². The highest BCUT2D eigenvalue weighted by Gasteiger charge is 2.41. The Morgan fingerprint density at radius 2 is 1.88 bits per heavy atom. The summed E-state index contributed by atoms with van der Waals surface area (Å²) in [4.78, 5) is 30.2. The lowest BCUT2D eigenvalue weighted by Gasteiger charge is -2.18. The molecule has 24 heavy (non-hydrogen) atoms. The first kappa shape index (κ1) is 16.2.